The summed E-state index contributed by atoms with van der Waals surface area (Å²) in [5, 5.41) is 14.4. The number of halogens is 1. The van der Waals surface area contributed by atoms with Gasteiger partial charge >= 0.3 is 5.97 Å². The maximum atomic E-state index is 12.8. The number of aliphatic carboxylic acids is 1. The fraction of sp³-hybridized carbons (Fsp3) is 0.314. The number of aromatic nitrogens is 1. The van der Waals surface area contributed by atoms with E-state index in [-0.39, 0.29) is 11.3 Å². The van der Waals surface area contributed by atoms with Crippen LogP contribution in [0.2, 0.25) is 5.02 Å². The lowest BCUT2D eigenvalue weighted by atomic mass is 9.59. The molecule has 2 N–H and O–H groups in total. The van der Waals surface area contributed by atoms with Crippen LogP contribution in [0, 0.1) is 5.92 Å². The van der Waals surface area contributed by atoms with Gasteiger partial charge in [0.05, 0.1) is 6.61 Å². The van der Waals surface area contributed by atoms with E-state index in [1.54, 1.807) is 24.5 Å². The Kier molecular flexibility index (Phi) is 7.72. The fourth-order valence-corrected chi connectivity index (χ4v) is 7.40. The van der Waals surface area contributed by atoms with E-state index in [0.29, 0.717) is 30.4 Å². The van der Waals surface area contributed by atoms with Crippen LogP contribution in [-0.4, -0.2) is 28.2 Å². The number of anilines is 1. The average molecular weight is 567 g/mol. The van der Waals surface area contributed by atoms with Crippen molar-refractivity contribution in [3.63, 3.8) is 0 Å². The van der Waals surface area contributed by atoms with Gasteiger partial charge in [-0.15, -0.1) is 0 Å². The van der Waals surface area contributed by atoms with Gasteiger partial charge in [-0.25, -0.2) is 4.79 Å². The molecule has 2 aliphatic carbocycles. The molecule has 1 saturated carbocycles. The number of hydrogen-bond donors (Lipinski definition) is 2. The normalized spacial score (nSPS) is 24.0. The minimum Gasteiger partial charge on any atom is -0.493 e. The van der Waals surface area contributed by atoms with Crippen LogP contribution in [-0.2, 0) is 16.6 Å². The van der Waals surface area contributed by atoms with Crippen LogP contribution in [0.15, 0.2) is 103 Å². The number of ether oxygens (including phenoxy) is 1. The first-order valence-electron chi connectivity index (χ1n) is 14.4. The molecular formula is C35H35ClN2O3. The molecule has 0 unspecified atom stereocenters. The molecule has 3 aromatic carbocycles. The number of benzene rings is 3. The third-order valence-electron chi connectivity index (χ3n) is 9.36. The smallest absolute Gasteiger partial charge is 0.329 e. The van der Waals surface area contributed by atoms with Crippen molar-refractivity contribution in [2.24, 2.45) is 5.92 Å². The highest BCUT2D eigenvalue weighted by atomic mass is 35.5. The number of pyridine rings is 1. The minimum atomic E-state index is -1.03. The Bertz CT molecular complexity index is 1490. The number of carbonyl (C=O) groups is 1. The number of rotatable bonds is 9. The molecule has 0 bridgehead atoms. The minimum absolute atomic E-state index is 0.0742. The summed E-state index contributed by atoms with van der Waals surface area (Å²) >= 11 is 6.22. The van der Waals surface area contributed by atoms with Crippen LogP contribution in [0.1, 0.15) is 54.7 Å². The van der Waals surface area contributed by atoms with Crippen LogP contribution < -0.4 is 10.1 Å². The Balaban J connectivity index is 1.28. The number of fused-ring (bicyclic) bond motifs is 2. The zero-order chi connectivity index (χ0) is 28.3. The first kappa shape index (κ1) is 27.3. The SMILES string of the molecule is O=C(O)C1(Nc2cccc(Cl)c2)CCC2(CC1)c1ccccc1C[C@H]2C[C@H](COc1ccncc1)c1ccccc1. The van der Waals surface area contributed by atoms with E-state index in [1.165, 1.54) is 16.7 Å². The highest BCUT2D eigenvalue weighted by Gasteiger charge is 2.54. The Labute approximate surface area is 246 Å². The van der Waals surface area contributed by atoms with Gasteiger partial charge in [0.15, 0.2) is 0 Å². The molecule has 6 rings (SSSR count). The highest BCUT2D eigenvalue weighted by molar-refractivity contribution is 6.30. The zero-order valence-electron chi connectivity index (χ0n) is 23.0. The van der Waals surface area contributed by atoms with Crippen LogP contribution in [0.5, 0.6) is 5.75 Å². The van der Waals surface area contributed by atoms with Crippen LogP contribution in [0.25, 0.3) is 0 Å². The monoisotopic (exact) mass is 566 g/mol. The number of nitrogens with zero attached hydrogens (tertiary/aromatic N) is 1. The van der Waals surface area contributed by atoms with E-state index in [4.69, 9.17) is 16.3 Å². The molecule has 0 saturated heterocycles. The largest absolute Gasteiger partial charge is 0.493 e. The Morgan fingerprint density at radius 2 is 1.68 bits per heavy atom. The number of carboxylic acids is 1. The highest BCUT2D eigenvalue weighted by Crippen LogP contribution is 2.56. The van der Waals surface area contributed by atoms with Gasteiger partial charge in [0.2, 0.25) is 0 Å². The van der Waals surface area contributed by atoms with Gasteiger partial charge in [-0.3, -0.25) is 4.98 Å². The maximum Gasteiger partial charge on any atom is 0.329 e. The standard InChI is InChI=1S/C35H35ClN2O3/c36-29-10-6-11-30(23-29)38-35(33(39)40)17-15-34(16-18-35)28(21-26-9-4-5-12-32(26)34)22-27(25-7-2-1-3-8-25)24-41-31-13-19-37-20-14-31/h1-14,19-20,23,27-28,38H,15-18,21-22,24H2,(H,39,40)/t27-,28+,34?,35?/m1/s1. The van der Waals surface area contributed by atoms with Crippen molar-refractivity contribution in [2.45, 2.75) is 55.4 Å². The lowest BCUT2D eigenvalue weighted by molar-refractivity contribution is -0.144. The van der Waals surface area contributed by atoms with Crippen molar-refractivity contribution in [1.82, 2.24) is 4.98 Å². The molecule has 2 aliphatic rings. The molecule has 0 radical (unpaired) electrons. The first-order chi connectivity index (χ1) is 20.0. The number of hydrogen-bond acceptors (Lipinski definition) is 4. The van der Waals surface area contributed by atoms with Crippen molar-refractivity contribution < 1.29 is 14.6 Å². The molecule has 0 amide bonds. The summed E-state index contributed by atoms with van der Waals surface area (Å²) in [6.45, 7) is 0.576. The lowest BCUT2D eigenvalue weighted by Gasteiger charge is -2.47. The summed E-state index contributed by atoms with van der Waals surface area (Å²) < 4.78 is 6.29. The fourth-order valence-electron chi connectivity index (χ4n) is 7.21. The Morgan fingerprint density at radius 1 is 0.951 bits per heavy atom. The van der Waals surface area contributed by atoms with E-state index in [0.717, 1.165) is 37.1 Å². The molecule has 1 fully saturated rings. The summed E-state index contributed by atoms with van der Waals surface area (Å²) in [6, 6.07) is 30.6. The third-order valence-corrected chi connectivity index (χ3v) is 9.59. The van der Waals surface area contributed by atoms with E-state index in [1.807, 2.05) is 24.3 Å². The Hall–Kier alpha value is -3.83. The molecule has 1 heterocycles. The zero-order valence-corrected chi connectivity index (χ0v) is 23.8. The molecule has 6 heteroatoms. The topological polar surface area (TPSA) is 71.5 Å². The van der Waals surface area contributed by atoms with Gasteiger partial charge in [-0.05, 0) is 96.9 Å². The predicted molar refractivity (Wildman–Crippen MR) is 163 cm³/mol. The molecular weight excluding hydrogens is 532 g/mol. The van der Waals surface area contributed by atoms with Crippen molar-refractivity contribution in [1.29, 1.82) is 0 Å². The predicted octanol–water partition coefficient (Wildman–Crippen LogP) is 7.91. The molecule has 1 aromatic heterocycles. The molecule has 2 atom stereocenters. The van der Waals surface area contributed by atoms with Crippen molar-refractivity contribution >= 4 is 23.3 Å². The molecule has 5 nitrogen and oxygen atoms in total. The van der Waals surface area contributed by atoms with Crippen molar-refractivity contribution in [2.75, 3.05) is 11.9 Å². The second-order valence-electron chi connectivity index (χ2n) is 11.6. The van der Waals surface area contributed by atoms with Gasteiger partial charge in [0.1, 0.15) is 11.3 Å². The number of carboxylic acid groups (broad SMARTS) is 1. The summed E-state index contributed by atoms with van der Waals surface area (Å²) in [5.41, 5.74) is 3.71. The average Bonchev–Trinajstić information content (AvgIpc) is 3.30. The van der Waals surface area contributed by atoms with Gasteiger partial charge in [-0.2, -0.15) is 0 Å². The molecule has 1 spiro atoms. The Morgan fingerprint density at radius 3 is 2.41 bits per heavy atom. The maximum absolute atomic E-state index is 12.8. The summed E-state index contributed by atoms with van der Waals surface area (Å²) in [7, 11) is 0. The molecule has 41 heavy (non-hydrogen) atoms. The molecule has 210 valence electrons. The molecule has 0 aliphatic heterocycles. The van der Waals surface area contributed by atoms with E-state index < -0.39 is 11.5 Å². The summed E-state index contributed by atoms with van der Waals surface area (Å²) in [6.07, 6.45) is 8.17. The van der Waals surface area contributed by atoms with Crippen molar-refractivity contribution in [3.05, 3.63) is 125 Å². The van der Waals surface area contributed by atoms with Gasteiger partial charge in [-0.1, -0.05) is 72.3 Å². The van der Waals surface area contributed by atoms with Crippen molar-refractivity contribution in [3.8, 4) is 5.75 Å². The van der Waals surface area contributed by atoms with E-state index in [9.17, 15) is 9.90 Å². The van der Waals surface area contributed by atoms with E-state index in [2.05, 4.69) is 64.9 Å². The van der Waals surface area contributed by atoms with Gasteiger partial charge < -0.3 is 15.2 Å². The van der Waals surface area contributed by atoms with Gasteiger partial charge in [0, 0.05) is 29.0 Å². The summed E-state index contributed by atoms with van der Waals surface area (Å²) in [5.74, 6) is 0.602. The lowest BCUT2D eigenvalue weighted by Crippen LogP contribution is -2.53. The molecule has 4 aromatic rings. The second kappa shape index (κ2) is 11.6. The third kappa shape index (κ3) is 5.56. The van der Waals surface area contributed by atoms with Crippen LogP contribution >= 0.6 is 11.6 Å². The first-order valence-corrected chi connectivity index (χ1v) is 14.8. The van der Waals surface area contributed by atoms with E-state index >= 15 is 0 Å². The van der Waals surface area contributed by atoms with Crippen LogP contribution in [0.3, 0.4) is 0 Å². The quantitative estimate of drug-likeness (QED) is 0.215. The number of nitrogens with one attached hydrogen (secondary N) is 1. The second-order valence-corrected chi connectivity index (χ2v) is 12.0. The van der Waals surface area contributed by atoms with Gasteiger partial charge in [0.25, 0.3) is 0 Å². The summed E-state index contributed by atoms with van der Waals surface area (Å²) in [4.78, 5) is 16.9. The van der Waals surface area contributed by atoms with Crippen LogP contribution in [0.4, 0.5) is 5.69 Å².